The predicted octanol–water partition coefficient (Wildman–Crippen LogP) is 2.56. The summed E-state index contributed by atoms with van der Waals surface area (Å²) >= 11 is 1.78. The summed E-state index contributed by atoms with van der Waals surface area (Å²) < 4.78 is 0. The van der Waals surface area contributed by atoms with Crippen molar-refractivity contribution in [1.82, 2.24) is 9.88 Å². The fraction of sp³-hybridized carbons (Fsp3) is 0.727. The van der Waals surface area contributed by atoms with Gasteiger partial charge < -0.3 is 5.32 Å². The lowest BCUT2D eigenvalue weighted by atomic mass is 10.4. The van der Waals surface area contributed by atoms with Crippen molar-refractivity contribution >= 4 is 16.5 Å². The highest BCUT2D eigenvalue weighted by Gasteiger charge is 2.26. The highest BCUT2D eigenvalue weighted by molar-refractivity contribution is 7.15. The van der Waals surface area contributed by atoms with Crippen LogP contribution in [0, 0.1) is 0 Å². The number of rotatable bonds is 6. The van der Waals surface area contributed by atoms with E-state index < -0.39 is 0 Å². The average molecular weight is 225 g/mol. The summed E-state index contributed by atoms with van der Waals surface area (Å²) in [6, 6.07) is 0.833. The summed E-state index contributed by atoms with van der Waals surface area (Å²) in [6.07, 6.45) is 5.89. The van der Waals surface area contributed by atoms with E-state index in [9.17, 15) is 0 Å². The van der Waals surface area contributed by atoms with Crippen LogP contribution in [-0.4, -0.2) is 29.5 Å². The highest BCUT2D eigenvalue weighted by Crippen LogP contribution is 2.28. The standard InChI is InChI=1S/C11H19N3S/c1-3-6-12-11-13-7-10(15-11)8-14(2)9-4-5-9/h7,9H,3-6,8H2,1-2H3,(H,12,13). The zero-order valence-corrected chi connectivity index (χ0v) is 10.3. The van der Waals surface area contributed by atoms with Gasteiger partial charge in [-0.15, -0.1) is 11.3 Å². The smallest absolute Gasteiger partial charge is 0.182 e. The van der Waals surface area contributed by atoms with Crippen LogP contribution in [0.4, 0.5) is 5.13 Å². The van der Waals surface area contributed by atoms with Gasteiger partial charge in [-0.2, -0.15) is 0 Å². The normalized spacial score (nSPS) is 15.9. The van der Waals surface area contributed by atoms with Crippen LogP contribution in [0.3, 0.4) is 0 Å². The van der Waals surface area contributed by atoms with Gasteiger partial charge in [-0.25, -0.2) is 4.98 Å². The van der Waals surface area contributed by atoms with Crippen LogP contribution in [0.1, 0.15) is 31.1 Å². The van der Waals surface area contributed by atoms with Crippen LogP contribution in [0.5, 0.6) is 0 Å². The van der Waals surface area contributed by atoms with Crippen molar-refractivity contribution in [1.29, 1.82) is 0 Å². The topological polar surface area (TPSA) is 28.2 Å². The highest BCUT2D eigenvalue weighted by atomic mass is 32.1. The number of hydrogen-bond acceptors (Lipinski definition) is 4. The Bertz CT molecular complexity index is 307. The Morgan fingerprint density at radius 3 is 3.07 bits per heavy atom. The van der Waals surface area contributed by atoms with Gasteiger partial charge in [0, 0.05) is 30.2 Å². The zero-order chi connectivity index (χ0) is 10.7. The third kappa shape index (κ3) is 3.18. The summed E-state index contributed by atoms with van der Waals surface area (Å²) in [7, 11) is 2.20. The predicted molar refractivity (Wildman–Crippen MR) is 65.4 cm³/mol. The van der Waals surface area contributed by atoms with E-state index in [-0.39, 0.29) is 0 Å². The molecule has 0 atom stereocenters. The molecule has 1 N–H and O–H groups in total. The van der Waals surface area contributed by atoms with Crippen molar-refractivity contribution in [3.63, 3.8) is 0 Å². The number of aromatic nitrogens is 1. The summed E-state index contributed by atoms with van der Waals surface area (Å²) in [5.41, 5.74) is 0. The lowest BCUT2D eigenvalue weighted by Crippen LogP contribution is -2.19. The van der Waals surface area contributed by atoms with E-state index in [4.69, 9.17) is 0 Å². The Kier molecular flexibility index (Phi) is 3.59. The molecule has 0 radical (unpaired) electrons. The van der Waals surface area contributed by atoms with Gasteiger partial charge in [0.1, 0.15) is 0 Å². The largest absolute Gasteiger partial charge is 0.362 e. The molecule has 84 valence electrons. The molecule has 2 rings (SSSR count). The van der Waals surface area contributed by atoms with Crippen LogP contribution in [0.15, 0.2) is 6.20 Å². The molecular weight excluding hydrogens is 206 g/mol. The van der Waals surface area contributed by atoms with Gasteiger partial charge in [0.25, 0.3) is 0 Å². The fourth-order valence-corrected chi connectivity index (χ4v) is 2.49. The molecule has 0 aromatic carbocycles. The van der Waals surface area contributed by atoms with Crippen LogP contribution < -0.4 is 5.32 Å². The second kappa shape index (κ2) is 4.94. The molecule has 3 nitrogen and oxygen atoms in total. The number of hydrogen-bond donors (Lipinski definition) is 1. The average Bonchev–Trinajstić information content (AvgIpc) is 2.99. The molecule has 0 unspecified atom stereocenters. The van der Waals surface area contributed by atoms with Crippen LogP contribution in [0.2, 0.25) is 0 Å². The SMILES string of the molecule is CCCNc1ncc(CN(C)C2CC2)s1. The summed E-state index contributed by atoms with van der Waals surface area (Å²) in [6.45, 7) is 4.24. The number of nitrogens with one attached hydrogen (secondary N) is 1. The van der Waals surface area contributed by atoms with Crippen LogP contribution in [0.25, 0.3) is 0 Å². The van der Waals surface area contributed by atoms with E-state index >= 15 is 0 Å². The van der Waals surface area contributed by atoms with Crippen LogP contribution >= 0.6 is 11.3 Å². The molecule has 1 fully saturated rings. The van der Waals surface area contributed by atoms with Crippen molar-refractivity contribution in [2.24, 2.45) is 0 Å². The Hall–Kier alpha value is -0.610. The van der Waals surface area contributed by atoms with Crippen molar-refractivity contribution in [3.8, 4) is 0 Å². The maximum Gasteiger partial charge on any atom is 0.182 e. The van der Waals surface area contributed by atoms with Gasteiger partial charge in [0.2, 0.25) is 0 Å². The quantitative estimate of drug-likeness (QED) is 0.806. The van der Waals surface area contributed by atoms with Gasteiger partial charge in [0.05, 0.1) is 0 Å². The Morgan fingerprint density at radius 2 is 2.40 bits per heavy atom. The van der Waals surface area contributed by atoms with Crippen molar-refractivity contribution in [3.05, 3.63) is 11.1 Å². The van der Waals surface area contributed by atoms with E-state index in [0.29, 0.717) is 0 Å². The first-order chi connectivity index (χ1) is 7.29. The monoisotopic (exact) mass is 225 g/mol. The molecule has 1 saturated carbocycles. The third-order valence-electron chi connectivity index (χ3n) is 2.66. The molecule has 1 aliphatic rings. The second-order valence-corrected chi connectivity index (χ2v) is 5.32. The van der Waals surface area contributed by atoms with E-state index in [1.54, 1.807) is 11.3 Å². The number of anilines is 1. The molecule has 1 aliphatic carbocycles. The minimum atomic E-state index is 0.833. The molecule has 0 bridgehead atoms. The molecule has 0 aliphatic heterocycles. The van der Waals surface area contributed by atoms with E-state index in [1.165, 1.54) is 17.7 Å². The lowest BCUT2D eigenvalue weighted by molar-refractivity contribution is 0.319. The van der Waals surface area contributed by atoms with E-state index in [1.807, 2.05) is 6.20 Å². The second-order valence-electron chi connectivity index (χ2n) is 4.20. The molecule has 1 aromatic heterocycles. The maximum absolute atomic E-state index is 4.37. The first-order valence-corrected chi connectivity index (χ1v) is 6.50. The van der Waals surface area contributed by atoms with Gasteiger partial charge in [-0.05, 0) is 26.3 Å². The third-order valence-corrected chi connectivity index (χ3v) is 3.60. The first-order valence-electron chi connectivity index (χ1n) is 5.68. The molecule has 1 heterocycles. The molecule has 0 spiro atoms. The summed E-state index contributed by atoms with van der Waals surface area (Å²) in [4.78, 5) is 8.16. The molecule has 0 amide bonds. The number of nitrogens with zero attached hydrogens (tertiary/aromatic N) is 2. The Morgan fingerprint density at radius 1 is 1.60 bits per heavy atom. The van der Waals surface area contributed by atoms with Crippen molar-refractivity contribution in [2.45, 2.75) is 38.8 Å². The minimum Gasteiger partial charge on any atom is -0.362 e. The maximum atomic E-state index is 4.37. The van der Waals surface area contributed by atoms with Crippen LogP contribution in [-0.2, 0) is 6.54 Å². The number of thiazole rings is 1. The Balaban J connectivity index is 1.83. The Labute approximate surface area is 95.5 Å². The molecule has 0 saturated heterocycles. The van der Waals surface area contributed by atoms with E-state index in [2.05, 4.69) is 29.2 Å². The van der Waals surface area contributed by atoms with Crippen molar-refractivity contribution < 1.29 is 0 Å². The van der Waals surface area contributed by atoms with Gasteiger partial charge >= 0.3 is 0 Å². The summed E-state index contributed by atoms with van der Waals surface area (Å²) in [5, 5.41) is 4.39. The van der Waals surface area contributed by atoms with Crippen molar-refractivity contribution in [2.75, 3.05) is 18.9 Å². The lowest BCUT2D eigenvalue weighted by Gasteiger charge is -2.13. The zero-order valence-electron chi connectivity index (χ0n) is 9.49. The van der Waals surface area contributed by atoms with Gasteiger partial charge in [0.15, 0.2) is 5.13 Å². The molecule has 4 heteroatoms. The summed E-state index contributed by atoms with van der Waals surface area (Å²) in [5.74, 6) is 0. The minimum absolute atomic E-state index is 0.833. The van der Waals surface area contributed by atoms with E-state index in [0.717, 1.165) is 30.7 Å². The van der Waals surface area contributed by atoms with Gasteiger partial charge in [-0.3, -0.25) is 4.90 Å². The van der Waals surface area contributed by atoms with Gasteiger partial charge in [-0.1, -0.05) is 6.92 Å². The molecular formula is C11H19N3S. The molecule has 15 heavy (non-hydrogen) atoms. The fourth-order valence-electron chi connectivity index (χ4n) is 1.58. The molecule has 1 aromatic rings. The first kappa shape index (κ1) is 10.9.